The molecule has 0 aromatic rings. The average molecular weight is 252 g/mol. The number of carbonyl (C=O) groups is 1. The van der Waals surface area contributed by atoms with Gasteiger partial charge in [0.1, 0.15) is 0 Å². The maximum atomic E-state index is 11.1. The molecule has 0 radical (unpaired) electrons. The van der Waals surface area contributed by atoms with E-state index in [2.05, 4.69) is 16.7 Å². The van der Waals surface area contributed by atoms with Gasteiger partial charge in [0.15, 0.2) is 0 Å². The lowest BCUT2D eigenvalue weighted by molar-refractivity contribution is -0.113. The second-order valence-electron chi connectivity index (χ2n) is 4.74. The van der Waals surface area contributed by atoms with Gasteiger partial charge in [0.25, 0.3) is 0 Å². The Morgan fingerprint density at radius 2 is 2.11 bits per heavy atom. The van der Waals surface area contributed by atoms with Crippen molar-refractivity contribution in [3.63, 3.8) is 0 Å². The Bertz CT molecular complexity index is 301. The Balaban J connectivity index is 1.78. The number of unbranched alkanes of at least 4 members (excludes halogenated alkanes) is 2. The van der Waals surface area contributed by atoms with Gasteiger partial charge in [0.2, 0.25) is 5.78 Å². The molecule has 0 atom stereocenters. The predicted octanol–water partition coefficient (Wildman–Crippen LogP) is 0.799. The number of hydrogen-bond acceptors (Lipinski definition) is 4. The van der Waals surface area contributed by atoms with Crippen LogP contribution in [0.3, 0.4) is 0 Å². The van der Waals surface area contributed by atoms with Crippen LogP contribution < -0.4 is 5.73 Å². The molecule has 1 aliphatic rings. The number of likely N-dealkylation sites (tertiary alicyclic amines) is 1. The first-order valence-electron chi connectivity index (χ1n) is 6.73. The van der Waals surface area contributed by atoms with Crippen LogP contribution in [-0.2, 0) is 9.53 Å². The first kappa shape index (κ1) is 15.2. The molecule has 102 valence electrons. The summed E-state index contributed by atoms with van der Waals surface area (Å²) >= 11 is 0. The topological polar surface area (TPSA) is 55.6 Å². The highest BCUT2D eigenvalue weighted by Gasteiger charge is 2.21. The summed E-state index contributed by atoms with van der Waals surface area (Å²) in [5.41, 5.74) is 5.68. The fraction of sp³-hybridized carbons (Fsp3) is 0.786. The van der Waals surface area contributed by atoms with Crippen LogP contribution in [0.4, 0.5) is 0 Å². The van der Waals surface area contributed by atoms with Gasteiger partial charge in [-0.3, -0.25) is 9.69 Å². The number of hydrogen-bond donors (Lipinski definition) is 1. The molecule has 1 fully saturated rings. The zero-order valence-electron chi connectivity index (χ0n) is 11.3. The van der Waals surface area contributed by atoms with Gasteiger partial charge in [-0.25, -0.2) is 0 Å². The van der Waals surface area contributed by atoms with Crippen molar-refractivity contribution in [1.29, 1.82) is 0 Å². The molecule has 1 saturated heterocycles. The first-order chi connectivity index (χ1) is 8.72. The van der Waals surface area contributed by atoms with Crippen LogP contribution >= 0.6 is 0 Å². The number of nitrogens with two attached hydrogens (primary N) is 1. The Kier molecular flexibility index (Phi) is 7.66. The lowest BCUT2D eigenvalue weighted by Gasteiger charge is -2.36. The molecule has 0 amide bonds. The van der Waals surface area contributed by atoms with Crippen LogP contribution in [0.25, 0.3) is 0 Å². The molecular weight excluding hydrogens is 228 g/mol. The molecule has 0 unspecified atom stereocenters. The maximum Gasteiger partial charge on any atom is 0.205 e. The molecule has 0 aromatic heterocycles. The molecule has 0 spiro atoms. The largest absolute Gasteiger partial charge is 0.380 e. The van der Waals surface area contributed by atoms with E-state index in [4.69, 9.17) is 10.5 Å². The van der Waals surface area contributed by atoms with Crippen molar-refractivity contribution in [2.45, 2.75) is 38.6 Å². The minimum absolute atomic E-state index is 0.0486. The Morgan fingerprint density at radius 3 is 2.78 bits per heavy atom. The van der Waals surface area contributed by atoms with Gasteiger partial charge < -0.3 is 10.5 Å². The van der Waals surface area contributed by atoms with Crippen LogP contribution in [0.2, 0.25) is 0 Å². The highest BCUT2D eigenvalue weighted by molar-refractivity contribution is 5.95. The van der Waals surface area contributed by atoms with Crippen LogP contribution in [0, 0.1) is 11.8 Å². The van der Waals surface area contributed by atoms with E-state index in [1.807, 2.05) is 0 Å². The van der Waals surface area contributed by atoms with Crippen molar-refractivity contribution in [3.8, 4) is 11.8 Å². The van der Waals surface area contributed by atoms with Crippen LogP contribution in [0.5, 0.6) is 0 Å². The minimum atomic E-state index is 0.0486. The molecule has 1 rings (SSSR count). The maximum absolute atomic E-state index is 11.1. The Hall–Kier alpha value is -0.890. The van der Waals surface area contributed by atoms with E-state index in [1.165, 1.54) is 0 Å². The minimum Gasteiger partial charge on any atom is -0.380 e. The summed E-state index contributed by atoms with van der Waals surface area (Å²) in [4.78, 5) is 13.4. The average Bonchev–Trinajstić information content (AvgIpc) is 2.30. The summed E-state index contributed by atoms with van der Waals surface area (Å²) in [5, 5.41) is 0. The second kappa shape index (κ2) is 9.09. The summed E-state index contributed by atoms with van der Waals surface area (Å²) in [6.45, 7) is 6.25. The molecule has 2 N–H and O–H groups in total. The van der Waals surface area contributed by atoms with Crippen molar-refractivity contribution < 1.29 is 9.53 Å². The van der Waals surface area contributed by atoms with E-state index in [9.17, 15) is 4.79 Å². The lowest BCUT2D eigenvalue weighted by atomic mass is 10.1. The van der Waals surface area contributed by atoms with Crippen LogP contribution in [0.15, 0.2) is 0 Å². The third kappa shape index (κ3) is 6.75. The van der Waals surface area contributed by atoms with Crippen LogP contribution in [0.1, 0.15) is 32.6 Å². The van der Waals surface area contributed by atoms with E-state index in [0.29, 0.717) is 12.5 Å². The van der Waals surface area contributed by atoms with Gasteiger partial charge in [-0.05, 0) is 25.7 Å². The zero-order chi connectivity index (χ0) is 13.2. The van der Waals surface area contributed by atoms with Gasteiger partial charge in [-0.1, -0.05) is 12.3 Å². The summed E-state index contributed by atoms with van der Waals surface area (Å²) in [5.74, 6) is 5.22. The summed E-state index contributed by atoms with van der Waals surface area (Å²) in [6, 6.07) is 0.369. The Morgan fingerprint density at radius 1 is 1.33 bits per heavy atom. The van der Waals surface area contributed by atoms with Crippen molar-refractivity contribution in [3.05, 3.63) is 0 Å². The number of nitrogens with zero attached hydrogens (tertiary/aromatic N) is 1. The third-order valence-electron chi connectivity index (χ3n) is 2.99. The van der Waals surface area contributed by atoms with Crippen molar-refractivity contribution in [1.82, 2.24) is 4.90 Å². The molecule has 1 heterocycles. The molecule has 0 aromatic carbocycles. The van der Waals surface area contributed by atoms with Crippen molar-refractivity contribution >= 4 is 5.78 Å². The molecule has 4 nitrogen and oxygen atoms in total. The Labute approximate surface area is 110 Å². The van der Waals surface area contributed by atoms with E-state index in [-0.39, 0.29) is 5.78 Å². The highest BCUT2D eigenvalue weighted by Crippen LogP contribution is 2.04. The van der Waals surface area contributed by atoms with Crippen molar-refractivity contribution in [2.75, 3.05) is 32.8 Å². The highest BCUT2D eigenvalue weighted by atomic mass is 16.5. The molecule has 0 saturated carbocycles. The van der Waals surface area contributed by atoms with Gasteiger partial charge in [-0.2, -0.15) is 0 Å². The molecule has 0 aliphatic carbocycles. The van der Waals surface area contributed by atoms with E-state index >= 15 is 0 Å². The van der Waals surface area contributed by atoms with Crippen molar-refractivity contribution in [2.24, 2.45) is 5.73 Å². The number of ether oxygens (including phenoxy) is 1. The molecule has 1 aliphatic heterocycles. The van der Waals surface area contributed by atoms with Gasteiger partial charge in [0, 0.05) is 38.7 Å². The number of carbonyl (C=O) groups excluding carboxylic acids is 1. The first-order valence-corrected chi connectivity index (χ1v) is 6.73. The number of ketones is 1. The number of rotatable bonds is 9. The molecule has 0 bridgehead atoms. The SMILES string of the molecule is CC#CC(=O)CCCCCOCCN1CC(N)C1. The number of Topliss-reactive ketones (excluding diaryl/α,β-unsaturated/α-hetero) is 1. The van der Waals surface area contributed by atoms with Gasteiger partial charge in [-0.15, -0.1) is 0 Å². The van der Waals surface area contributed by atoms with E-state index in [0.717, 1.165) is 52.1 Å². The second-order valence-corrected chi connectivity index (χ2v) is 4.74. The third-order valence-corrected chi connectivity index (χ3v) is 2.99. The predicted molar refractivity (Wildman–Crippen MR) is 72.2 cm³/mol. The van der Waals surface area contributed by atoms with Gasteiger partial charge >= 0.3 is 0 Å². The lowest BCUT2D eigenvalue weighted by Crippen LogP contribution is -2.56. The quantitative estimate of drug-likeness (QED) is 0.375. The van der Waals surface area contributed by atoms with Crippen LogP contribution in [-0.4, -0.2) is 49.6 Å². The normalized spacial score (nSPS) is 15.9. The standard InChI is InChI=1S/C14H24N2O2/c1-2-6-14(17)7-4-3-5-9-18-10-8-16-11-13(15)12-16/h13H,3-5,7-12,15H2,1H3. The summed E-state index contributed by atoms with van der Waals surface area (Å²) in [6.07, 6.45) is 3.54. The van der Waals surface area contributed by atoms with E-state index < -0.39 is 0 Å². The molecule has 18 heavy (non-hydrogen) atoms. The van der Waals surface area contributed by atoms with Gasteiger partial charge in [0.05, 0.1) is 6.61 Å². The fourth-order valence-corrected chi connectivity index (χ4v) is 1.96. The fourth-order valence-electron chi connectivity index (χ4n) is 1.96. The zero-order valence-corrected chi connectivity index (χ0v) is 11.3. The summed E-state index contributed by atoms with van der Waals surface area (Å²) in [7, 11) is 0. The molecule has 4 heteroatoms. The van der Waals surface area contributed by atoms with E-state index in [1.54, 1.807) is 6.92 Å². The summed E-state index contributed by atoms with van der Waals surface area (Å²) < 4.78 is 5.53. The smallest absolute Gasteiger partial charge is 0.205 e. The monoisotopic (exact) mass is 252 g/mol. The molecular formula is C14H24N2O2.